The van der Waals surface area contributed by atoms with Crippen molar-refractivity contribution >= 4 is 35.0 Å². The fraction of sp³-hybridized carbons (Fsp3) is 0.708. The largest absolute Gasteiger partial charge is 0.444 e. The highest BCUT2D eigenvalue weighted by molar-refractivity contribution is 6.43. The van der Waals surface area contributed by atoms with Gasteiger partial charge in [-0.05, 0) is 77.5 Å². The van der Waals surface area contributed by atoms with Crippen molar-refractivity contribution in [1.29, 1.82) is 0 Å². The van der Waals surface area contributed by atoms with Gasteiger partial charge in [0.2, 0.25) is 0 Å². The van der Waals surface area contributed by atoms with Gasteiger partial charge in [0, 0.05) is 37.6 Å². The molecule has 1 aromatic carbocycles. The summed E-state index contributed by atoms with van der Waals surface area (Å²) in [5.74, 6) is 0.774. The first-order valence-corrected chi connectivity index (χ1v) is 12.3. The van der Waals surface area contributed by atoms with Crippen LogP contribution >= 0.6 is 23.2 Å². The van der Waals surface area contributed by atoms with E-state index in [0.29, 0.717) is 15.5 Å². The number of hydrogen-bond donors (Lipinski definition) is 1. The Bertz CT molecular complexity index is 789. The summed E-state index contributed by atoms with van der Waals surface area (Å²) in [7, 11) is 0. The minimum atomic E-state index is -0.437. The molecule has 3 fully saturated rings. The minimum absolute atomic E-state index is 0.262. The summed E-state index contributed by atoms with van der Waals surface area (Å²) in [5.41, 5.74) is 1.07. The van der Waals surface area contributed by atoms with Crippen LogP contribution in [0.3, 0.4) is 0 Å². The summed E-state index contributed by atoms with van der Waals surface area (Å²) >= 11 is 12.5. The number of rotatable bonds is 5. The summed E-state index contributed by atoms with van der Waals surface area (Å²) in [6.45, 7) is 11.4. The van der Waals surface area contributed by atoms with Gasteiger partial charge in [-0.15, -0.1) is 0 Å². The number of benzene rings is 1. The number of nitrogens with one attached hydrogen (secondary N) is 1. The van der Waals surface area contributed by atoms with Crippen molar-refractivity contribution in [2.75, 3.05) is 37.6 Å². The summed E-state index contributed by atoms with van der Waals surface area (Å²) in [6.07, 6.45) is 5.49. The fourth-order valence-electron chi connectivity index (χ4n) is 5.37. The van der Waals surface area contributed by atoms with Crippen molar-refractivity contribution in [3.05, 3.63) is 28.2 Å². The lowest BCUT2D eigenvalue weighted by Crippen LogP contribution is -2.72. The molecule has 0 bridgehead atoms. The highest BCUT2D eigenvalue weighted by Crippen LogP contribution is 2.45. The zero-order valence-electron chi connectivity index (χ0n) is 18.9. The van der Waals surface area contributed by atoms with E-state index in [4.69, 9.17) is 27.9 Å². The van der Waals surface area contributed by atoms with Crippen molar-refractivity contribution < 1.29 is 9.53 Å². The Morgan fingerprint density at radius 3 is 2.45 bits per heavy atom. The molecule has 2 heterocycles. The maximum absolute atomic E-state index is 12.0. The van der Waals surface area contributed by atoms with Crippen molar-refractivity contribution in [3.63, 3.8) is 0 Å². The Labute approximate surface area is 196 Å². The van der Waals surface area contributed by atoms with E-state index in [1.165, 1.54) is 38.9 Å². The van der Waals surface area contributed by atoms with E-state index in [9.17, 15) is 4.79 Å². The molecule has 1 saturated carbocycles. The topological polar surface area (TPSA) is 44.8 Å². The van der Waals surface area contributed by atoms with Gasteiger partial charge in [-0.3, -0.25) is 0 Å². The van der Waals surface area contributed by atoms with Crippen LogP contribution in [0.2, 0.25) is 10.0 Å². The molecule has 5 nitrogen and oxygen atoms in total. The molecule has 2 saturated heterocycles. The van der Waals surface area contributed by atoms with Crippen LogP contribution in [0.4, 0.5) is 10.5 Å². The molecule has 1 spiro atoms. The van der Waals surface area contributed by atoms with Crippen LogP contribution in [-0.2, 0) is 4.74 Å². The Morgan fingerprint density at radius 1 is 1.13 bits per heavy atom. The standard InChI is InChI=1S/C24H35Cl2N3O2/c1-23(2,3)31-22(30)27-18-9-7-17(8-10-18)11-12-28-13-24(14-28)15-29(16-24)20-6-4-5-19(25)21(20)26/h4-6,17-18H,7-16H2,1-3H3,(H,27,30). The summed E-state index contributed by atoms with van der Waals surface area (Å²) in [6, 6.07) is 6.14. The van der Waals surface area contributed by atoms with Gasteiger partial charge in [0.1, 0.15) is 5.60 Å². The van der Waals surface area contributed by atoms with E-state index >= 15 is 0 Å². The summed E-state index contributed by atoms with van der Waals surface area (Å²) in [5, 5.41) is 4.34. The van der Waals surface area contributed by atoms with E-state index < -0.39 is 5.60 Å². The lowest BCUT2D eigenvalue weighted by molar-refractivity contribution is -0.0253. The molecule has 7 heteroatoms. The van der Waals surface area contributed by atoms with Crippen molar-refractivity contribution in [2.24, 2.45) is 11.3 Å². The molecule has 31 heavy (non-hydrogen) atoms. The Kier molecular flexibility index (Phi) is 6.67. The molecule has 4 rings (SSSR count). The zero-order valence-corrected chi connectivity index (χ0v) is 20.4. The number of halogens is 2. The lowest BCUT2D eigenvalue weighted by Gasteiger charge is -2.61. The molecular formula is C24H35Cl2N3O2. The predicted octanol–water partition coefficient (Wildman–Crippen LogP) is 5.59. The molecular weight excluding hydrogens is 433 g/mol. The van der Waals surface area contributed by atoms with Gasteiger partial charge in [-0.2, -0.15) is 0 Å². The molecule has 0 unspecified atom stereocenters. The number of carbonyl (C=O) groups excluding carboxylic acids is 1. The van der Waals surface area contributed by atoms with Gasteiger partial charge in [0.05, 0.1) is 15.7 Å². The molecule has 1 aromatic rings. The van der Waals surface area contributed by atoms with Gasteiger partial charge < -0.3 is 19.9 Å². The van der Waals surface area contributed by atoms with Crippen molar-refractivity contribution in [1.82, 2.24) is 10.2 Å². The van der Waals surface area contributed by atoms with Crippen LogP contribution in [0.15, 0.2) is 18.2 Å². The molecule has 2 aliphatic heterocycles. The van der Waals surface area contributed by atoms with Gasteiger partial charge in [-0.1, -0.05) is 29.3 Å². The average molecular weight is 468 g/mol. The zero-order chi connectivity index (χ0) is 22.2. The van der Waals surface area contributed by atoms with E-state index in [0.717, 1.165) is 37.5 Å². The third-order valence-corrected chi connectivity index (χ3v) is 7.67. The van der Waals surface area contributed by atoms with E-state index in [2.05, 4.69) is 21.2 Å². The van der Waals surface area contributed by atoms with E-state index in [-0.39, 0.29) is 12.1 Å². The third kappa shape index (κ3) is 5.61. The molecule has 172 valence electrons. The number of amides is 1. The summed E-state index contributed by atoms with van der Waals surface area (Å²) in [4.78, 5) is 16.9. The van der Waals surface area contributed by atoms with Gasteiger partial charge >= 0.3 is 6.09 Å². The SMILES string of the molecule is CC(C)(C)OC(=O)NC1CCC(CCN2CC3(C2)CN(c2cccc(Cl)c2Cl)C3)CC1. The van der Waals surface area contributed by atoms with Crippen LogP contribution in [0, 0.1) is 11.3 Å². The number of ether oxygens (including phenoxy) is 1. The molecule has 0 radical (unpaired) electrons. The van der Waals surface area contributed by atoms with Gasteiger partial charge in [0.15, 0.2) is 0 Å². The number of alkyl carbamates (subject to hydrolysis) is 1. The third-order valence-electron chi connectivity index (χ3n) is 6.86. The smallest absolute Gasteiger partial charge is 0.407 e. The molecule has 1 N–H and O–H groups in total. The number of nitrogens with zero attached hydrogens (tertiary/aromatic N) is 2. The second kappa shape index (κ2) is 8.99. The molecule has 0 atom stereocenters. The maximum Gasteiger partial charge on any atom is 0.407 e. The average Bonchev–Trinajstić information content (AvgIpc) is 2.62. The monoisotopic (exact) mass is 467 g/mol. The highest BCUT2D eigenvalue weighted by Gasteiger charge is 2.51. The highest BCUT2D eigenvalue weighted by atomic mass is 35.5. The van der Waals surface area contributed by atoms with Crippen LogP contribution < -0.4 is 10.2 Å². The maximum atomic E-state index is 12.0. The number of hydrogen-bond acceptors (Lipinski definition) is 4. The van der Waals surface area contributed by atoms with Crippen LogP contribution in [-0.4, -0.2) is 55.4 Å². The quantitative estimate of drug-likeness (QED) is 0.612. The first-order chi connectivity index (χ1) is 14.6. The molecule has 1 aliphatic carbocycles. The first-order valence-electron chi connectivity index (χ1n) is 11.5. The van der Waals surface area contributed by atoms with Crippen LogP contribution in [0.5, 0.6) is 0 Å². The van der Waals surface area contributed by atoms with Crippen molar-refractivity contribution in [2.45, 2.75) is 64.5 Å². The number of carbonyl (C=O) groups is 1. The van der Waals surface area contributed by atoms with E-state index in [1.807, 2.05) is 32.9 Å². The molecule has 3 aliphatic rings. The number of likely N-dealkylation sites (tertiary alicyclic amines) is 1. The van der Waals surface area contributed by atoms with Crippen LogP contribution in [0.25, 0.3) is 0 Å². The Morgan fingerprint density at radius 2 is 1.81 bits per heavy atom. The second-order valence-corrected chi connectivity index (χ2v) is 11.6. The normalized spacial score (nSPS) is 25.6. The number of anilines is 1. The molecule has 0 aromatic heterocycles. The predicted molar refractivity (Wildman–Crippen MR) is 127 cm³/mol. The van der Waals surface area contributed by atoms with Gasteiger partial charge in [-0.25, -0.2) is 4.79 Å². The minimum Gasteiger partial charge on any atom is -0.444 e. The summed E-state index contributed by atoms with van der Waals surface area (Å²) < 4.78 is 5.38. The molecule has 1 amide bonds. The Balaban J connectivity index is 1.11. The second-order valence-electron chi connectivity index (χ2n) is 10.8. The van der Waals surface area contributed by atoms with Crippen molar-refractivity contribution in [3.8, 4) is 0 Å². The lowest BCUT2D eigenvalue weighted by atomic mass is 9.72. The van der Waals surface area contributed by atoms with E-state index in [1.54, 1.807) is 0 Å². The van der Waals surface area contributed by atoms with Crippen LogP contribution in [0.1, 0.15) is 52.9 Å². The fourth-order valence-corrected chi connectivity index (χ4v) is 5.78. The first kappa shape index (κ1) is 23.0. The Hall–Kier alpha value is -1.17. The van der Waals surface area contributed by atoms with Gasteiger partial charge in [0.25, 0.3) is 0 Å².